The molecule has 0 radical (unpaired) electrons. The standard InChI is InChI=1S/C17H21N/c1-17(2,3)14-12-18-11-7-10-15(18)16(14)13-8-5-4-6-9-13/h4-6,8-9,12H,7,10-11H2,1-3H3. The first-order valence-corrected chi connectivity index (χ1v) is 6.85. The van der Waals surface area contributed by atoms with E-state index in [4.69, 9.17) is 0 Å². The van der Waals surface area contributed by atoms with Crippen LogP contribution in [0.5, 0.6) is 0 Å². The molecule has 2 aromatic rings. The first kappa shape index (κ1) is 11.6. The maximum atomic E-state index is 2.46. The van der Waals surface area contributed by atoms with Crippen molar-refractivity contribution in [1.82, 2.24) is 4.57 Å². The van der Waals surface area contributed by atoms with Gasteiger partial charge < -0.3 is 4.57 Å². The summed E-state index contributed by atoms with van der Waals surface area (Å²) in [6.45, 7) is 8.12. The molecule has 0 fully saturated rings. The normalized spacial score (nSPS) is 14.8. The van der Waals surface area contributed by atoms with E-state index in [1.54, 1.807) is 0 Å². The van der Waals surface area contributed by atoms with Crippen molar-refractivity contribution in [1.29, 1.82) is 0 Å². The fraction of sp³-hybridized carbons (Fsp3) is 0.412. The Bertz CT molecular complexity index is 555. The van der Waals surface area contributed by atoms with Gasteiger partial charge in [-0.1, -0.05) is 51.1 Å². The number of hydrogen-bond acceptors (Lipinski definition) is 0. The molecule has 94 valence electrons. The monoisotopic (exact) mass is 239 g/mol. The van der Waals surface area contributed by atoms with Crippen LogP contribution in [-0.4, -0.2) is 4.57 Å². The van der Waals surface area contributed by atoms with Gasteiger partial charge in [0.25, 0.3) is 0 Å². The lowest BCUT2D eigenvalue weighted by molar-refractivity contribution is 0.587. The van der Waals surface area contributed by atoms with Gasteiger partial charge in [-0.05, 0) is 29.4 Å². The highest BCUT2D eigenvalue weighted by atomic mass is 15.0. The van der Waals surface area contributed by atoms with Crippen molar-refractivity contribution in [3.63, 3.8) is 0 Å². The van der Waals surface area contributed by atoms with E-state index in [1.165, 1.54) is 41.8 Å². The van der Waals surface area contributed by atoms with Crippen LogP contribution in [0, 0.1) is 0 Å². The van der Waals surface area contributed by atoms with Gasteiger partial charge in [-0.15, -0.1) is 0 Å². The van der Waals surface area contributed by atoms with Gasteiger partial charge in [0.15, 0.2) is 0 Å². The Morgan fingerprint density at radius 1 is 1.06 bits per heavy atom. The Kier molecular flexibility index (Phi) is 2.58. The highest BCUT2D eigenvalue weighted by Gasteiger charge is 2.27. The lowest BCUT2D eigenvalue weighted by atomic mass is 9.83. The van der Waals surface area contributed by atoms with E-state index in [-0.39, 0.29) is 5.41 Å². The molecule has 3 rings (SSSR count). The minimum Gasteiger partial charge on any atom is -0.350 e. The SMILES string of the molecule is CC(C)(C)c1cn2c(c1-c1ccccc1)CCC2. The van der Waals surface area contributed by atoms with Gasteiger partial charge in [0.2, 0.25) is 0 Å². The van der Waals surface area contributed by atoms with Crippen LogP contribution in [0.25, 0.3) is 11.1 Å². The molecule has 0 unspecified atom stereocenters. The van der Waals surface area contributed by atoms with E-state index >= 15 is 0 Å². The van der Waals surface area contributed by atoms with E-state index in [1.807, 2.05) is 0 Å². The molecule has 1 heteroatoms. The summed E-state index contributed by atoms with van der Waals surface area (Å²) in [4.78, 5) is 0. The maximum Gasteiger partial charge on any atom is 0.0257 e. The van der Waals surface area contributed by atoms with Crippen LogP contribution in [0.15, 0.2) is 36.5 Å². The Labute approximate surface area is 109 Å². The first-order chi connectivity index (χ1) is 8.57. The van der Waals surface area contributed by atoms with Crippen molar-refractivity contribution in [2.75, 3.05) is 0 Å². The lowest BCUT2D eigenvalue weighted by Crippen LogP contribution is -2.11. The summed E-state index contributed by atoms with van der Waals surface area (Å²) in [5.74, 6) is 0. The van der Waals surface area contributed by atoms with Gasteiger partial charge in [0, 0.05) is 24.0 Å². The maximum absolute atomic E-state index is 2.46. The molecule has 18 heavy (non-hydrogen) atoms. The number of benzene rings is 1. The number of fused-ring (bicyclic) bond motifs is 1. The third-order valence-electron chi connectivity index (χ3n) is 3.87. The molecular weight excluding hydrogens is 218 g/mol. The van der Waals surface area contributed by atoms with Gasteiger partial charge in [0.1, 0.15) is 0 Å². The molecule has 1 aliphatic heterocycles. The molecule has 0 aliphatic carbocycles. The Morgan fingerprint density at radius 3 is 2.44 bits per heavy atom. The van der Waals surface area contributed by atoms with Crippen molar-refractivity contribution in [2.24, 2.45) is 0 Å². The smallest absolute Gasteiger partial charge is 0.0257 e. The van der Waals surface area contributed by atoms with Crippen LogP contribution in [-0.2, 0) is 18.4 Å². The minimum absolute atomic E-state index is 0.211. The predicted molar refractivity (Wildman–Crippen MR) is 76.9 cm³/mol. The molecule has 0 atom stereocenters. The molecular formula is C17H21N. The summed E-state index contributed by atoms with van der Waals surface area (Å²) < 4.78 is 2.46. The largest absolute Gasteiger partial charge is 0.350 e. The van der Waals surface area contributed by atoms with Gasteiger partial charge in [-0.3, -0.25) is 0 Å². The van der Waals surface area contributed by atoms with Gasteiger partial charge in [0.05, 0.1) is 0 Å². The Balaban J connectivity index is 2.24. The zero-order chi connectivity index (χ0) is 12.8. The molecule has 0 saturated carbocycles. The van der Waals surface area contributed by atoms with Crippen LogP contribution in [0.1, 0.15) is 38.4 Å². The van der Waals surface area contributed by atoms with Crippen molar-refractivity contribution < 1.29 is 0 Å². The Morgan fingerprint density at radius 2 is 1.78 bits per heavy atom. The highest BCUT2D eigenvalue weighted by molar-refractivity contribution is 5.72. The fourth-order valence-corrected chi connectivity index (χ4v) is 2.98. The van der Waals surface area contributed by atoms with Crippen LogP contribution >= 0.6 is 0 Å². The quantitative estimate of drug-likeness (QED) is 0.695. The number of aryl methyl sites for hydroxylation is 1. The zero-order valence-electron chi connectivity index (χ0n) is 11.5. The van der Waals surface area contributed by atoms with Crippen LogP contribution in [0.3, 0.4) is 0 Å². The van der Waals surface area contributed by atoms with Gasteiger partial charge >= 0.3 is 0 Å². The molecule has 0 N–H and O–H groups in total. The van der Waals surface area contributed by atoms with Crippen LogP contribution in [0.4, 0.5) is 0 Å². The van der Waals surface area contributed by atoms with E-state index in [2.05, 4.69) is 61.9 Å². The van der Waals surface area contributed by atoms with Crippen molar-refractivity contribution >= 4 is 0 Å². The predicted octanol–water partition coefficient (Wildman–Crippen LogP) is 4.40. The summed E-state index contributed by atoms with van der Waals surface area (Å²) in [6, 6.07) is 10.9. The van der Waals surface area contributed by atoms with E-state index in [0.29, 0.717) is 0 Å². The average Bonchev–Trinajstić information content (AvgIpc) is 2.88. The lowest BCUT2D eigenvalue weighted by Gasteiger charge is -2.20. The van der Waals surface area contributed by atoms with Gasteiger partial charge in [-0.2, -0.15) is 0 Å². The average molecular weight is 239 g/mol. The number of hydrogen-bond donors (Lipinski definition) is 0. The van der Waals surface area contributed by atoms with E-state index in [9.17, 15) is 0 Å². The zero-order valence-corrected chi connectivity index (χ0v) is 11.5. The molecule has 0 bridgehead atoms. The molecule has 2 heterocycles. The summed E-state index contributed by atoms with van der Waals surface area (Å²) >= 11 is 0. The topological polar surface area (TPSA) is 4.93 Å². The fourth-order valence-electron chi connectivity index (χ4n) is 2.98. The number of nitrogens with zero attached hydrogens (tertiary/aromatic N) is 1. The van der Waals surface area contributed by atoms with E-state index in [0.717, 1.165) is 0 Å². The van der Waals surface area contributed by atoms with Crippen molar-refractivity contribution in [2.45, 2.75) is 45.6 Å². The molecule has 1 aliphatic rings. The summed E-state index contributed by atoms with van der Waals surface area (Å²) in [5.41, 5.74) is 6.09. The second-order valence-electron chi connectivity index (χ2n) is 6.28. The third kappa shape index (κ3) is 1.78. The number of aromatic nitrogens is 1. The number of rotatable bonds is 1. The minimum atomic E-state index is 0.211. The summed E-state index contributed by atoms with van der Waals surface area (Å²) in [7, 11) is 0. The molecule has 0 spiro atoms. The first-order valence-electron chi connectivity index (χ1n) is 6.85. The second-order valence-corrected chi connectivity index (χ2v) is 6.28. The molecule has 0 amide bonds. The van der Waals surface area contributed by atoms with Crippen LogP contribution in [0.2, 0.25) is 0 Å². The Hall–Kier alpha value is -1.50. The van der Waals surface area contributed by atoms with Crippen molar-refractivity contribution in [3.05, 3.63) is 47.8 Å². The molecule has 1 nitrogen and oxygen atoms in total. The van der Waals surface area contributed by atoms with E-state index < -0.39 is 0 Å². The summed E-state index contributed by atoms with van der Waals surface area (Å²) in [5, 5.41) is 0. The molecule has 1 aromatic heterocycles. The highest BCUT2D eigenvalue weighted by Crippen LogP contribution is 2.39. The molecule has 0 saturated heterocycles. The van der Waals surface area contributed by atoms with Crippen molar-refractivity contribution in [3.8, 4) is 11.1 Å². The van der Waals surface area contributed by atoms with Crippen LogP contribution < -0.4 is 0 Å². The van der Waals surface area contributed by atoms with Gasteiger partial charge in [-0.25, -0.2) is 0 Å². The molecule has 1 aromatic carbocycles. The second kappa shape index (κ2) is 4.01. The third-order valence-corrected chi connectivity index (χ3v) is 3.87. The summed E-state index contributed by atoms with van der Waals surface area (Å²) in [6.07, 6.45) is 4.89.